The molecule has 0 radical (unpaired) electrons. The van der Waals surface area contributed by atoms with Gasteiger partial charge in [-0.15, -0.1) is 0 Å². The molecule has 0 aliphatic carbocycles. The molecule has 0 aromatic heterocycles. The molecule has 0 bridgehead atoms. The molecule has 2 aromatic carbocycles. The lowest BCUT2D eigenvalue weighted by atomic mass is 10.1. The second-order valence-corrected chi connectivity index (χ2v) is 6.14. The van der Waals surface area contributed by atoms with Crippen LogP contribution in [0.25, 0.3) is 0 Å². The molecule has 1 aliphatic heterocycles. The molecule has 1 heterocycles. The standard InChI is InChI=1S/C18H13F2N3O5/c1-9(12-4-2-10(19)6-15(12)20)21-16(24)8-22-17(25)13-5-3-11(23(27)28)7-14(13)18(22)26/h2-7,9H,8H2,1H3,(H,21,24)/t9-/m1/s1. The maximum Gasteiger partial charge on any atom is 0.270 e. The molecule has 1 atom stereocenters. The number of benzene rings is 2. The summed E-state index contributed by atoms with van der Waals surface area (Å²) in [5, 5.41) is 13.3. The van der Waals surface area contributed by atoms with E-state index in [4.69, 9.17) is 0 Å². The normalized spacial score (nSPS) is 14.0. The molecule has 144 valence electrons. The zero-order valence-corrected chi connectivity index (χ0v) is 14.4. The van der Waals surface area contributed by atoms with E-state index in [1.807, 2.05) is 0 Å². The molecule has 0 saturated heterocycles. The number of nitrogens with zero attached hydrogens (tertiary/aromatic N) is 2. The highest BCUT2D eigenvalue weighted by molar-refractivity contribution is 6.22. The summed E-state index contributed by atoms with van der Waals surface area (Å²) >= 11 is 0. The summed E-state index contributed by atoms with van der Waals surface area (Å²) < 4.78 is 26.8. The Morgan fingerprint density at radius 3 is 2.46 bits per heavy atom. The molecule has 0 fully saturated rings. The Morgan fingerprint density at radius 1 is 1.14 bits per heavy atom. The number of hydrogen-bond donors (Lipinski definition) is 1. The smallest absolute Gasteiger partial charge is 0.270 e. The van der Waals surface area contributed by atoms with Crippen LogP contribution < -0.4 is 5.32 Å². The molecular weight excluding hydrogens is 376 g/mol. The zero-order valence-electron chi connectivity index (χ0n) is 14.4. The van der Waals surface area contributed by atoms with Crippen molar-refractivity contribution in [1.29, 1.82) is 0 Å². The summed E-state index contributed by atoms with van der Waals surface area (Å²) in [6, 6.07) is 5.27. The first kappa shape index (κ1) is 19.1. The van der Waals surface area contributed by atoms with Gasteiger partial charge in [0.2, 0.25) is 5.91 Å². The molecule has 8 nitrogen and oxygen atoms in total. The number of nitro groups is 1. The van der Waals surface area contributed by atoms with E-state index in [1.54, 1.807) is 0 Å². The Morgan fingerprint density at radius 2 is 1.82 bits per heavy atom. The molecular formula is C18H13F2N3O5. The number of carbonyl (C=O) groups excluding carboxylic acids is 3. The van der Waals surface area contributed by atoms with Gasteiger partial charge < -0.3 is 5.32 Å². The lowest BCUT2D eigenvalue weighted by Crippen LogP contribution is -2.41. The van der Waals surface area contributed by atoms with E-state index in [0.717, 1.165) is 24.3 Å². The van der Waals surface area contributed by atoms with E-state index in [9.17, 15) is 33.3 Å². The average molecular weight is 389 g/mol. The second kappa shape index (κ2) is 7.14. The first-order valence-electron chi connectivity index (χ1n) is 8.08. The Kier molecular flexibility index (Phi) is 4.87. The summed E-state index contributed by atoms with van der Waals surface area (Å²) in [6.07, 6.45) is 0. The van der Waals surface area contributed by atoms with Crippen molar-refractivity contribution in [3.05, 3.63) is 74.8 Å². The van der Waals surface area contributed by atoms with Crippen molar-refractivity contribution < 1.29 is 28.1 Å². The van der Waals surface area contributed by atoms with Crippen molar-refractivity contribution >= 4 is 23.4 Å². The van der Waals surface area contributed by atoms with Gasteiger partial charge in [0.05, 0.1) is 22.1 Å². The lowest BCUT2D eigenvalue weighted by molar-refractivity contribution is -0.384. The van der Waals surface area contributed by atoms with Crippen LogP contribution in [0.3, 0.4) is 0 Å². The van der Waals surface area contributed by atoms with E-state index in [2.05, 4.69) is 5.32 Å². The van der Waals surface area contributed by atoms with E-state index in [1.165, 1.54) is 13.0 Å². The van der Waals surface area contributed by atoms with Crippen LogP contribution >= 0.6 is 0 Å². The fourth-order valence-electron chi connectivity index (χ4n) is 2.90. The third-order valence-corrected chi connectivity index (χ3v) is 4.27. The highest BCUT2D eigenvalue weighted by atomic mass is 19.1. The van der Waals surface area contributed by atoms with Gasteiger partial charge in [-0.2, -0.15) is 0 Å². The largest absolute Gasteiger partial charge is 0.348 e. The number of fused-ring (bicyclic) bond motifs is 1. The van der Waals surface area contributed by atoms with Gasteiger partial charge in [-0.1, -0.05) is 6.07 Å². The van der Waals surface area contributed by atoms with Gasteiger partial charge in [0.25, 0.3) is 17.5 Å². The fourth-order valence-corrected chi connectivity index (χ4v) is 2.90. The van der Waals surface area contributed by atoms with E-state index >= 15 is 0 Å². The molecule has 3 amide bonds. The maximum atomic E-state index is 13.8. The molecule has 10 heteroatoms. The van der Waals surface area contributed by atoms with Gasteiger partial charge in [-0.05, 0) is 19.1 Å². The minimum absolute atomic E-state index is 0.0349. The summed E-state index contributed by atoms with van der Waals surface area (Å²) in [5.74, 6) is -3.95. The zero-order chi connectivity index (χ0) is 20.6. The molecule has 0 spiro atoms. The Labute approximate surface area is 156 Å². The lowest BCUT2D eigenvalue weighted by Gasteiger charge is -2.18. The Bertz CT molecular complexity index is 1020. The molecule has 28 heavy (non-hydrogen) atoms. The van der Waals surface area contributed by atoms with Crippen LogP contribution in [0.2, 0.25) is 0 Å². The minimum atomic E-state index is -0.846. The monoisotopic (exact) mass is 389 g/mol. The number of imide groups is 1. The summed E-state index contributed by atoms with van der Waals surface area (Å²) in [6.45, 7) is 0.813. The predicted octanol–water partition coefficient (Wildman–Crippen LogP) is 2.35. The van der Waals surface area contributed by atoms with Crippen LogP contribution in [0, 0.1) is 21.7 Å². The molecule has 2 aromatic rings. The quantitative estimate of drug-likeness (QED) is 0.480. The number of halogens is 2. The van der Waals surface area contributed by atoms with Crippen LogP contribution in [0.4, 0.5) is 14.5 Å². The van der Waals surface area contributed by atoms with Gasteiger partial charge in [-0.3, -0.25) is 29.4 Å². The van der Waals surface area contributed by atoms with Gasteiger partial charge in [0.1, 0.15) is 18.2 Å². The minimum Gasteiger partial charge on any atom is -0.348 e. The number of non-ortho nitro benzene ring substituents is 1. The first-order valence-corrected chi connectivity index (χ1v) is 8.08. The number of carbonyl (C=O) groups is 3. The summed E-state index contributed by atoms with van der Waals surface area (Å²) in [4.78, 5) is 47.7. The van der Waals surface area contributed by atoms with Crippen LogP contribution in [-0.4, -0.2) is 34.1 Å². The van der Waals surface area contributed by atoms with Crippen LogP contribution in [0.15, 0.2) is 36.4 Å². The first-order chi connectivity index (χ1) is 13.2. The van der Waals surface area contributed by atoms with Crippen molar-refractivity contribution in [2.24, 2.45) is 0 Å². The van der Waals surface area contributed by atoms with Crippen LogP contribution in [0.1, 0.15) is 39.2 Å². The molecule has 0 unspecified atom stereocenters. The highest BCUT2D eigenvalue weighted by Crippen LogP contribution is 2.26. The molecule has 3 rings (SSSR count). The topological polar surface area (TPSA) is 110 Å². The van der Waals surface area contributed by atoms with Crippen molar-refractivity contribution in [3.63, 3.8) is 0 Å². The second-order valence-electron chi connectivity index (χ2n) is 6.14. The van der Waals surface area contributed by atoms with E-state index in [0.29, 0.717) is 11.0 Å². The molecule has 1 aliphatic rings. The maximum absolute atomic E-state index is 13.8. The predicted molar refractivity (Wildman–Crippen MR) is 91.4 cm³/mol. The van der Waals surface area contributed by atoms with Crippen molar-refractivity contribution in [2.75, 3.05) is 6.54 Å². The van der Waals surface area contributed by atoms with Crippen molar-refractivity contribution in [1.82, 2.24) is 10.2 Å². The van der Waals surface area contributed by atoms with Crippen LogP contribution in [0.5, 0.6) is 0 Å². The van der Waals surface area contributed by atoms with Gasteiger partial charge in [0.15, 0.2) is 0 Å². The summed E-state index contributed by atoms with van der Waals surface area (Å²) in [7, 11) is 0. The third kappa shape index (κ3) is 3.43. The number of hydrogen-bond acceptors (Lipinski definition) is 5. The van der Waals surface area contributed by atoms with Crippen LogP contribution in [-0.2, 0) is 4.79 Å². The van der Waals surface area contributed by atoms with Crippen molar-refractivity contribution in [3.8, 4) is 0 Å². The number of amides is 3. The molecule has 1 N–H and O–H groups in total. The number of rotatable bonds is 5. The van der Waals surface area contributed by atoms with Gasteiger partial charge in [-0.25, -0.2) is 8.78 Å². The highest BCUT2D eigenvalue weighted by Gasteiger charge is 2.38. The van der Waals surface area contributed by atoms with Gasteiger partial charge >= 0.3 is 0 Å². The number of nitro benzene ring substituents is 1. The third-order valence-electron chi connectivity index (χ3n) is 4.27. The fraction of sp³-hybridized carbons (Fsp3) is 0.167. The van der Waals surface area contributed by atoms with E-state index in [-0.39, 0.29) is 22.4 Å². The van der Waals surface area contributed by atoms with Crippen molar-refractivity contribution in [2.45, 2.75) is 13.0 Å². The summed E-state index contributed by atoms with van der Waals surface area (Å²) in [5.41, 5.74) is -0.523. The van der Waals surface area contributed by atoms with Gasteiger partial charge in [0, 0.05) is 23.8 Å². The van der Waals surface area contributed by atoms with E-state index < -0.39 is 46.9 Å². The Balaban J connectivity index is 1.73. The average Bonchev–Trinajstić information content (AvgIpc) is 2.86. The SMILES string of the molecule is C[C@@H](NC(=O)CN1C(=O)c2ccc([N+](=O)[O-])cc2C1=O)c1ccc(F)cc1F. The molecule has 0 saturated carbocycles. The number of nitrogens with one attached hydrogen (secondary N) is 1. The Hall–Kier alpha value is -3.69.